The first-order valence-electron chi connectivity index (χ1n) is 9.39. The number of hydrogen-bond acceptors (Lipinski definition) is 6. The van der Waals surface area contributed by atoms with Gasteiger partial charge in [-0.15, -0.1) is 0 Å². The molecule has 1 aromatic carbocycles. The van der Waals surface area contributed by atoms with E-state index in [0.29, 0.717) is 5.71 Å². The van der Waals surface area contributed by atoms with E-state index in [1.54, 1.807) is 27.7 Å². The molecule has 0 fully saturated rings. The van der Waals surface area contributed by atoms with Crippen LogP contribution in [0.5, 0.6) is 0 Å². The second-order valence-electron chi connectivity index (χ2n) is 7.87. The fourth-order valence-electron chi connectivity index (χ4n) is 2.86. The molecule has 1 heterocycles. The molecule has 0 saturated heterocycles. The van der Waals surface area contributed by atoms with Crippen molar-refractivity contribution in [1.82, 2.24) is 5.32 Å². The largest absolute Gasteiger partial charge is 0.463 e. The Morgan fingerprint density at radius 2 is 1.97 bits per heavy atom. The molecule has 0 saturated carbocycles. The average molecular weight is 430 g/mol. The molecule has 7 nitrogen and oxygen atoms in total. The standard InChI is InChI=1S/C20H25F3N2O5/c1-5-28-16(26)19(10-13-7-6-8-14(9-13)20(21,22)23)11-15(25-30-19)12-24-17(27)29-18(2,3)4/h6-9H,5,10-12H2,1-4H3,(H,24,27). The van der Waals surface area contributed by atoms with Crippen LogP contribution in [0.4, 0.5) is 18.0 Å². The zero-order valence-electron chi connectivity index (χ0n) is 17.3. The van der Waals surface area contributed by atoms with Gasteiger partial charge in [-0.1, -0.05) is 23.4 Å². The van der Waals surface area contributed by atoms with Gasteiger partial charge in [0.15, 0.2) is 0 Å². The van der Waals surface area contributed by atoms with Gasteiger partial charge in [0.25, 0.3) is 0 Å². The number of carbonyl (C=O) groups excluding carboxylic acids is 2. The summed E-state index contributed by atoms with van der Waals surface area (Å²) in [5, 5.41) is 6.36. The second kappa shape index (κ2) is 8.93. The molecule has 0 aliphatic carbocycles. The number of oxime groups is 1. The first-order chi connectivity index (χ1) is 13.8. The minimum Gasteiger partial charge on any atom is -0.463 e. The number of alkyl halides is 3. The Balaban J connectivity index is 2.13. The van der Waals surface area contributed by atoms with Gasteiger partial charge in [0.05, 0.1) is 24.4 Å². The van der Waals surface area contributed by atoms with E-state index in [1.165, 1.54) is 12.1 Å². The number of rotatable bonds is 6. The van der Waals surface area contributed by atoms with Gasteiger partial charge in [-0.3, -0.25) is 0 Å². The van der Waals surface area contributed by atoms with Gasteiger partial charge < -0.3 is 19.6 Å². The van der Waals surface area contributed by atoms with Crippen LogP contribution in [0.1, 0.15) is 45.2 Å². The van der Waals surface area contributed by atoms with E-state index in [2.05, 4.69) is 10.5 Å². The SMILES string of the molecule is CCOC(=O)C1(Cc2cccc(C(F)(F)F)c2)CC(CNC(=O)OC(C)(C)C)=NO1. The topological polar surface area (TPSA) is 86.2 Å². The molecule has 0 spiro atoms. The van der Waals surface area contributed by atoms with E-state index in [4.69, 9.17) is 14.3 Å². The molecule has 1 atom stereocenters. The van der Waals surface area contributed by atoms with E-state index in [-0.39, 0.29) is 31.6 Å². The first-order valence-corrected chi connectivity index (χ1v) is 9.39. The van der Waals surface area contributed by atoms with Crippen LogP contribution in [0.3, 0.4) is 0 Å². The van der Waals surface area contributed by atoms with Gasteiger partial charge >= 0.3 is 18.2 Å². The van der Waals surface area contributed by atoms with Crippen LogP contribution in [-0.4, -0.2) is 42.1 Å². The van der Waals surface area contributed by atoms with Crippen molar-refractivity contribution in [2.24, 2.45) is 5.16 Å². The highest BCUT2D eigenvalue weighted by atomic mass is 19.4. The summed E-state index contributed by atoms with van der Waals surface area (Å²) >= 11 is 0. The van der Waals surface area contributed by atoms with Crippen molar-refractivity contribution < 1.29 is 37.1 Å². The molecule has 30 heavy (non-hydrogen) atoms. The number of hydrogen-bond donors (Lipinski definition) is 1. The average Bonchev–Trinajstić information content (AvgIpc) is 3.03. The zero-order valence-corrected chi connectivity index (χ0v) is 17.3. The van der Waals surface area contributed by atoms with Crippen molar-refractivity contribution in [2.45, 2.75) is 57.9 Å². The lowest BCUT2D eigenvalue weighted by molar-refractivity contribution is -0.168. The molecule has 0 bridgehead atoms. The summed E-state index contributed by atoms with van der Waals surface area (Å²) in [7, 11) is 0. The molecule has 1 amide bonds. The van der Waals surface area contributed by atoms with E-state index in [9.17, 15) is 22.8 Å². The summed E-state index contributed by atoms with van der Waals surface area (Å²) < 4.78 is 49.2. The smallest absolute Gasteiger partial charge is 0.416 e. The van der Waals surface area contributed by atoms with Crippen LogP contribution >= 0.6 is 0 Å². The lowest BCUT2D eigenvalue weighted by Gasteiger charge is -2.24. The van der Waals surface area contributed by atoms with Crippen LogP contribution < -0.4 is 5.32 Å². The number of esters is 1. The van der Waals surface area contributed by atoms with Crippen LogP contribution in [0.15, 0.2) is 29.4 Å². The molecule has 2 rings (SSSR count). The Morgan fingerprint density at radius 1 is 1.27 bits per heavy atom. The number of nitrogens with one attached hydrogen (secondary N) is 1. The number of amides is 1. The van der Waals surface area contributed by atoms with E-state index in [0.717, 1.165) is 12.1 Å². The van der Waals surface area contributed by atoms with E-state index in [1.807, 2.05) is 0 Å². The van der Waals surface area contributed by atoms with Crippen molar-refractivity contribution in [2.75, 3.05) is 13.2 Å². The molecule has 1 aromatic rings. The van der Waals surface area contributed by atoms with Gasteiger partial charge in [0, 0.05) is 12.8 Å². The molecule has 0 aromatic heterocycles. The fraction of sp³-hybridized carbons (Fsp3) is 0.550. The number of alkyl carbamates (subject to hydrolysis) is 1. The molecular weight excluding hydrogens is 405 g/mol. The minimum absolute atomic E-state index is 0.0430. The van der Waals surface area contributed by atoms with Crippen molar-refractivity contribution >= 4 is 17.8 Å². The highest BCUT2D eigenvalue weighted by Gasteiger charge is 2.48. The summed E-state index contributed by atoms with van der Waals surface area (Å²) in [5.74, 6) is -0.738. The predicted octanol–water partition coefficient (Wildman–Crippen LogP) is 3.85. The third-order valence-corrected chi connectivity index (χ3v) is 4.07. The van der Waals surface area contributed by atoms with Crippen LogP contribution in [0, 0.1) is 0 Å². The normalized spacial score (nSPS) is 19.0. The second-order valence-corrected chi connectivity index (χ2v) is 7.87. The summed E-state index contributed by atoms with van der Waals surface area (Å²) in [6.07, 6.45) is -5.40. The Hall–Kier alpha value is -2.78. The van der Waals surface area contributed by atoms with Crippen molar-refractivity contribution in [1.29, 1.82) is 0 Å². The number of carbonyl (C=O) groups is 2. The first kappa shape index (κ1) is 23.5. The summed E-state index contributed by atoms with van der Waals surface area (Å²) in [5.41, 5.74) is -2.54. The Bertz CT molecular complexity index is 817. The number of ether oxygens (including phenoxy) is 2. The lowest BCUT2D eigenvalue weighted by atomic mass is 9.89. The van der Waals surface area contributed by atoms with Gasteiger partial charge in [-0.2, -0.15) is 13.2 Å². The summed E-state index contributed by atoms with van der Waals surface area (Å²) in [4.78, 5) is 29.7. The monoisotopic (exact) mass is 430 g/mol. The molecule has 1 aliphatic rings. The van der Waals surface area contributed by atoms with Crippen molar-refractivity contribution in [3.05, 3.63) is 35.4 Å². The summed E-state index contributed by atoms with van der Waals surface area (Å²) in [6, 6.07) is 4.64. The lowest BCUT2D eigenvalue weighted by Crippen LogP contribution is -2.44. The fourth-order valence-corrected chi connectivity index (χ4v) is 2.86. The molecule has 10 heteroatoms. The zero-order chi connectivity index (χ0) is 22.6. The highest BCUT2D eigenvalue weighted by Crippen LogP contribution is 2.33. The quantitative estimate of drug-likeness (QED) is 0.693. The number of benzene rings is 1. The highest BCUT2D eigenvalue weighted by molar-refractivity contribution is 5.96. The molecule has 1 N–H and O–H groups in total. The number of halogens is 3. The van der Waals surface area contributed by atoms with Crippen LogP contribution in [-0.2, 0) is 31.7 Å². The maximum absolute atomic E-state index is 13.0. The molecular formula is C20H25F3N2O5. The Labute approximate surface area is 172 Å². The predicted molar refractivity (Wildman–Crippen MR) is 102 cm³/mol. The minimum atomic E-state index is -4.51. The Kier molecular flexibility index (Phi) is 6.99. The maximum Gasteiger partial charge on any atom is 0.416 e. The van der Waals surface area contributed by atoms with Gasteiger partial charge in [-0.05, 0) is 39.3 Å². The molecule has 1 unspecified atom stereocenters. The third kappa shape index (κ3) is 6.36. The van der Waals surface area contributed by atoms with Gasteiger partial charge in [0.2, 0.25) is 5.60 Å². The van der Waals surface area contributed by atoms with Gasteiger partial charge in [-0.25, -0.2) is 9.59 Å². The van der Waals surface area contributed by atoms with E-state index < -0.39 is 35.0 Å². The third-order valence-electron chi connectivity index (χ3n) is 4.07. The van der Waals surface area contributed by atoms with Crippen molar-refractivity contribution in [3.63, 3.8) is 0 Å². The van der Waals surface area contributed by atoms with Gasteiger partial charge in [0.1, 0.15) is 5.60 Å². The van der Waals surface area contributed by atoms with Crippen molar-refractivity contribution in [3.8, 4) is 0 Å². The molecule has 166 valence electrons. The van der Waals surface area contributed by atoms with E-state index >= 15 is 0 Å². The summed E-state index contributed by atoms with van der Waals surface area (Å²) in [6.45, 7) is 6.77. The number of nitrogens with zero attached hydrogens (tertiary/aromatic N) is 1. The maximum atomic E-state index is 13.0. The Morgan fingerprint density at radius 3 is 2.57 bits per heavy atom. The van der Waals surface area contributed by atoms with Crippen LogP contribution in [0.25, 0.3) is 0 Å². The van der Waals surface area contributed by atoms with Crippen LogP contribution in [0.2, 0.25) is 0 Å². The molecule has 0 radical (unpaired) electrons. The molecule has 1 aliphatic heterocycles.